The fourth-order valence-electron chi connectivity index (χ4n) is 1.48. The zero-order valence-electron chi connectivity index (χ0n) is 9.18. The first kappa shape index (κ1) is 13.5. The lowest BCUT2D eigenvalue weighted by Gasteiger charge is -2.09. The van der Waals surface area contributed by atoms with Crippen molar-refractivity contribution in [3.8, 4) is 0 Å². The topological polar surface area (TPSA) is 12.0 Å². The van der Waals surface area contributed by atoms with E-state index in [0.717, 1.165) is 5.69 Å². The molecular weight excluding hydrogens is 296 g/mol. The summed E-state index contributed by atoms with van der Waals surface area (Å²) < 4.78 is 13.1. The van der Waals surface area contributed by atoms with Gasteiger partial charge in [-0.25, -0.2) is 4.39 Å². The predicted molar refractivity (Wildman–Crippen MR) is 75.2 cm³/mol. The van der Waals surface area contributed by atoms with Gasteiger partial charge in [-0.3, -0.25) is 0 Å². The maximum atomic E-state index is 13.1. The average Bonchev–Trinajstić information content (AvgIpc) is 2.34. The molecule has 0 fully saturated rings. The fraction of sp³-hybridized carbons (Fsp3) is 0.0769. The molecule has 0 aromatic heterocycles. The molecule has 18 heavy (non-hydrogen) atoms. The Bertz CT molecular complexity index is 572. The Morgan fingerprint density at radius 1 is 0.889 bits per heavy atom. The van der Waals surface area contributed by atoms with Crippen LogP contribution < -0.4 is 5.32 Å². The van der Waals surface area contributed by atoms with E-state index in [2.05, 4.69) is 5.32 Å². The van der Waals surface area contributed by atoms with E-state index < -0.39 is 0 Å². The van der Waals surface area contributed by atoms with Crippen molar-refractivity contribution in [2.24, 2.45) is 0 Å². The molecule has 2 aromatic carbocycles. The van der Waals surface area contributed by atoms with Gasteiger partial charge in [0, 0.05) is 17.3 Å². The second-order valence-electron chi connectivity index (χ2n) is 3.72. The highest BCUT2D eigenvalue weighted by Gasteiger charge is 2.03. The fourth-order valence-corrected chi connectivity index (χ4v) is 1.96. The smallest absolute Gasteiger partial charge is 0.123 e. The number of anilines is 1. The van der Waals surface area contributed by atoms with Crippen LogP contribution in [0.15, 0.2) is 36.4 Å². The monoisotopic (exact) mass is 303 g/mol. The van der Waals surface area contributed by atoms with Crippen LogP contribution in [0.4, 0.5) is 10.1 Å². The number of rotatable bonds is 3. The van der Waals surface area contributed by atoms with E-state index >= 15 is 0 Å². The minimum absolute atomic E-state index is 0.315. The summed E-state index contributed by atoms with van der Waals surface area (Å²) in [5.41, 5.74) is 1.48. The summed E-state index contributed by atoms with van der Waals surface area (Å²) in [6, 6.07) is 9.44. The molecule has 0 amide bonds. The van der Waals surface area contributed by atoms with Gasteiger partial charge in [0.1, 0.15) is 5.82 Å². The molecule has 2 aromatic rings. The van der Waals surface area contributed by atoms with Crippen LogP contribution in [0.5, 0.6) is 0 Å². The normalized spacial score (nSPS) is 10.4. The summed E-state index contributed by atoms with van der Waals surface area (Å²) in [6.07, 6.45) is 0. The molecule has 0 saturated heterocycles. The molecular formula is C13H9Cl3FN. The van der Waals surface area contributed by atoms with Crippen LogP contribution in [0.2, 0.25) is 15.1 Å². The van der Waals surface area contributed by atoms with Crippen LogP contribution in [0.25, 0.3) is 0 Å². The Morgan fingerprint density at radius 3 is 2.33 bits per heavy atom. The van der Waals surface area contributed by atoms with Crippen LogP contribution in [0.1, 0.15) is 5.56 Å². The Morgan fingerprint density at radius 2 is 1.61 bits per heavy atom. The van der Waals surface area contributed by atoms with Crippen molar-refractivity contribution in [3.05, 3.63) is 62.8 Å². The van der Waals surface area contributed by atoms with Gasteiger partial charge in [-0.05, 0) is 42.0 Å². The SMILES string of the molecule is Fc1ccc(Cl)c(CNc2ccc(Cl)c(Cl)c2)c1. The lowest BCUT2D eigenvalue weighted by atomic mass is 10.2. The lowest BCUT2D eigenvalue weighted by Crippen LogP contribution is -2.00. The van der Waals surface area contributed by atoms with Crippen LogP contribution >= 0.6 is 34.8 Å². The summed E-state index contributed by atoms with van der Waals surface area (Å²) in [5.74, 6) is -0.315. The van der Waals surface area contributed by atoms with E-state index in [0.29, 0.717) is 27.2 Å². The first-order valence-corrected chi connectivity index (χ1v) is 6.32. The summed E-state index contributed by atoms with van der Waals surface area (Å²) in [6.45, 7) is 0.411. The number of nitrogens with one attached hydrogen (secondary N) is 1. The highest BCUT2D eigenvalue weighted by molar-refractivity contribution is 6.42. The molecule has 0 bridgehead atoms. The number of halogens is 4. The third-order valence-electron chi connectivity index (χ3n) is 2.41. The standard InChI is InChI=1S/C13H9Cl3FN/c14-11-3-1-9(17)5-8(11)7-18-10-2-4-12(15)13(16)6-10/h1-6,18H,7H2. The Balaban J connectivity index is 2.11. The molecule has 0 atom stereocenters. The van der Waals surface area contributed by atoms with Crippen LogP contribution in [0.3, 0.4) is 0 Å². The zero-order chi connectivity index (χ0) is 13.1. The van der Waals surface area contributed by atoms with Gasteiger partial charge >= 0.3 is 0 Å². The van der Waals surface area contributed by atoms with Gasteiger partial charge in [0.2, 0.25) is 0 Å². The van der Waals surface area contributed by atoms with Crippen molar-refractivity contribution in [2.45, 2.75) is 6.54 Å². The van der Waals surface area contributed by atoms with Gasteiger partial charge in [0.05, 0.1) is 10.0 Å². The maximum absolute atomic E-state index is 13.1. The highest BCUT2D eigenvalue weighted by Crippen LogP contribution is 2.26. The van der Waals surface area contributed by atoms with Crippen LogP contribution in [0, 0.1) is 5.82 Å². The zero-order valence-corrected chi connectivity index (χ0v) is 11.5. The first-order chi connectivity index (χ1) is 8.56. The molecule has 0 spiro atoms. The number of hydrogen-bond donors (Lipinski definition) is 1. The lowest BCUT2D eigenvalue weighted by molar-refractivity contribution is 0.626. The minimum atomic E-state index is -0.315. The van der Waals surface area contributed by atoms with Crippen molar-refractivity contribution in [1.82, 2.24) is 0 Å². The molecule has 2 rings (SSSR count). The van der Waals surface area contributed by atoms with Gasteiger partial charge in [0.15, 0.2) is 0 Å². The molecule has 0 saturated carbocycles. The average molecular weight is 305 g/mol. The quantitative estimate of drug-likeness (QED) is 0.800. The van der Waals surface area contributed by atoms with Crippen molar-refractivity contribution in [3.63, 3.8) is 0 Å². The molecule has 0 aliphatic carbocycles. The molecule has 5 heteroatoms. The van der Waals surface area contributed by atoms with E-state index in [9.17, 15) is 4.39 Å². The molecule has 0 unspecified atom stereocenters. The van der Waals surface area contributed by atoms with Gasteiger partial charge < -0.3 is 5.32 Å². The maximum Gasteiger partial charge on any atom is 0.123 e. The summed E-state index contributed by atoms with van der Waals surface area (Å²) >= 11 is 17.7. The summed E-state index contributed by atoms with van der Waals surface area (Å²) in [7, 11) is 0. The molecule has 0 aliphatic rings. The molecule has 1 N–H and O–H groups in total. The molecule has 94 valence electrons. The van der Waals surface area contributed by atoms with E-state index in [-0.39, 0.29) is 5.82 Å². The molecule has 0 aliphatic heterocycles. The van der Waals surface area contributed by atoms with Crippen molar-refractivity contribution in [2.75, 3.05) is 5.32 Å². The Hall–Kier alpha value is -0.960. The summed E-state index contributed by atoms with van der Waals surface area (Å²) in [4.78, 5) is 0. The second kappa shape index (κ2) is 5.79. The van der Waals surface area contributed by atoms with Gasteiger partial charge in [-0.1, -0.05) is 34.8 Å². The predicted octanol–water partition coefficient (Wildman–Crippen LogP) is 5.40. The van der Waals surface area contributed by atoms with Gasteiger partial charge in [-0.2, -0.15) is 0 Å². The third kappa shape index (κ3) is 3.29. The second-order valence-corrected chi connectivity index (χ2v) is 4.94. The Labute approximate surface area is 119 Å². The molecule has 0 radical (unpaired) electrons. The van der Waals surface area contributed by atoms with E-state index in [1.165, 1.54) is 18.2 Å². The first-order valence-electron chi connectivity index (χ1n) is 5.19. The van der Waals surface area contributed by atoms with Crippen molar-refractivity contribution in [1.29, 1.82) is 0 Å². The van der Waals surface area contributed by atoms with Crippen molar-refractivity contribution >= 4 is 40.5 Å². The van der Waals surface area contributed by atoms with E-state index in [1.807, 2.05) is 0 Å². The summed E-state index contributed by atoms with van der Waals surface area (Å²) in [5, 5.41) is 4.58. The van der Waals surface area contributed by atoms with E-state index in [1.54, 1.807) is 18.2 Å². The largest absolute Gasteiger partial charge is 0.381 e. The van der Waals surface area contributed by atoms with Gasteiger partial charge in [-0.15, -0.1) is 0 Å². The minimum Gasteiger partial charge on any atom is -0.381 e. The Kier molecular flexibility index (Phi) is 4.33. The van der Waals surface area contributed by atoms with Gasteiger partial charge in [0.25, 0.3) is 0 Å². The van der Waals surface area contributed by atoms with Crippen LogP contribution in [-0.4, -0.2) is 0 Å². The number of benzene rings is 2. The van der Waals surface area contributed by atoms with E-state index in [4.69, 9.17) is 34.8 Å². The third-order valence-corrected chi connectivity index (χ3v) is 3.52. The molecule has 0 heterocycles. The number of hydrogen-bond acceptors (Lipinski definition) is 1. The van der Waals surface area contributed by atoms with Crippen molar-refractivity contribution < 1.29 is 4.39 Å². The van der Waals surface area contributed by atoms with Crippen LogP contribution in [-0.2, 0) is 6.54 Å². The molecule has 1 nitrogen and oxygen atoms in total. The highest BCUT2D eigenvalue weighted by atomic mass is 35.5.